The summed E-state index contributed by atoms with van der Waals surface area (Å²) in [6.45, 7) is 2.55. The minimum atomic E-state index is -0.117. The monoisotopic (exact) mass is 330 g/mol. The van der Waals surface area contributed by atoms with Crippen LogP contribution in [0.4, 0.5) is 11.4 Å². The minimum absolute atomic E-state index is 0.117. The lowest BCUT2D eigenvalue weighted by Gasteiger charge is -2.14. The van der Waals surface area contributed by atoms with E-state index in [-0.39, 0.29) is 5.91 Å². The van der Waals surface area contributed by atoms with Crippen molar-refractivity contribution in [3.05, 3.63) is 42.5 Å². The van der Waals surface area contributed by atoms with E-state index in [1.807, 2.05) is 30.3 Å². The Hall–Kier alpha value is -2.89. The van der Waals surface area contributed by atoms with Crippen LogP contribution in [0, 0.1) is 0 Å². The van der Waals surface area contributed by atoms with E-state index in [0.717, 1.165) is 17.2 Å². The average Bonchev–Trinajstić information content (AvgIpc) is 2.59. The fourth-order valence-corrected chi connectivity index (χ4v) is 2.15. The maximum absolute atomic E-state index is 11.2. The van der Waals surface area contributed by atoms with Gasteiger partial charge in [-0.05, 0) is 42.5 Å². The van der Waals surface area contributed by atoms with Crippen LogP contribution in [0.15, 0.2) is 42.5 Å². The summed E-state index contributed by atoms with van der Waals surface area (Å²) in [5.41, 5.74) is 1.50. The molecule has 2 rings (SSSR count). The first kappa shape index (κ1) is 17.5. The first-order chi connectivity index (χ1) is 11.6. The number of nitrogens with one attached hydrogen (secondary N) is 2. The molecule has 6 nitrogen and oxygen atoms in total. The molecular weight excluding hydrogens is 308 g/mol. The van der Waals surface area contributed by atoms with Crippen molar-refractivity contribution in [2.75, 3.05) is 38.0 Å². The molecular formula is C18H22N2O4. The van der Waals surface area contributed by atoms with E-state index >= 15 is 0 Å². The van der Waals surface area contributed by atoms with E-state index in [0.29, 0.717) is 24.6 Å². The number of amides is 1. The van der Waals surface area contributed by atoms with E-state index in [1.165, 1.54) is 6.92 Å². The van der Waals surface area contributed by atoms with Gasteiger partial charge in [0.1, 0.15) is 23.9 Å². The highest BCUT2D eigenvalue weighted by molar-refractivity contribution is 5.89. The quantitative estimate of drug-likeness (QED) is 0.728. The van der Waals surface area contributed by atoms with Crippen LogP contribution in [0.2, 0.25) is 0 Å². The molecule has 0 heterocycles. The molecule has 0 bridgehead atoms. The minimum Gasteiger partial charge on any atom is -0.497 e. The Morgan fingerprint density at radius 1 is 1.00 bits per heavy atom. The van der Waals surface area contributed by atoms with Crippen molar-refractivity contribution in [2.24, 2.45) is 0 Å². The topological polar surface area (TPSA) is 68.8 Å². The summed E-state index contributed by atoms with van der Waals surface area (Å²) in [5.74, 6) is 2.15. The molecule has 2 aromatic rings. The van der Waals surface area contributed by atoms with E-state index in [1.54, 1.807) is 26.4 Å². The summed E-state index contributed by atoms with van der Waals surface area (Å²) >= 11 is 0. The number of rotatable bonds is 8. The van der Waals surface area contributed by atoms with Crippen molar-refractivity contribution in [3.8, 4) is 17.2 Å². The highest BCUT2D eigenvalue weighted by atomic mass is 16.5. The van der Waals surface area contributed by atoms with Gasteiger partial charge in [-0.25, -0.2) is 0 Å². The van der Waals surface area contributed by atoms with E-state index in [2.05, 4.69) is 10.6 Å². The molecule has 0 spiro atoms. The number of anilines is 2. The van der Waals surface area contributed by atoms with Gasteiger partial charge in [0.25, 0.3) is 0 Å². The molecule has 0 aliphatic rings. The van der Waals surface area contributed by atoms with Gasteiger partial charge in [0, 0.05) is 19.2 Å². The van der Waals surface area contributed by atoms with Crippen LogP contribution in [0.3, 0.4) is 0 Å². The lowest BCUT2D eigenvalue weighted by molar-refractivity contribution is -0.114. The predicted molar refractivity (Wildman–Crippen MR) is 94.3 cm³/mol. The molecule has 0 saturated carbocycles. The molecule has 0 aliphatic heterocycles. The van der Waals surface area contributed by atoms with Gasteiger partial charge in [-0.15, -0.1) is 0 Å². The highest BCUT2D eigenvalue weighted by Gasteiger charge is 2.05. The number of carbonyl (C=O) groups is 1. The first-order valence-electron chi connectivity index (χ1n) is 7.58. The average molecular weight is 330 g/mol. The van der Waals surface area contributed by atoms with Crippen molar-refractivity contribution in [2.45, 2.75) is 6.92 Å². The van der Waals surface area contributed by atoms with Crippen molar-refractivity contribution in [1.82, 2.24) is 0 Å². The molecule has 2 N–H and O–H groups in total. The largest absolute Gasteiger partial charge is 0.497 e. The lowest BCUT2D eigenvalue weighted by atomic mass is 10.2. The zero-order valence-electron chi connectivity index (χ0n) is 14.1. The third-order valence-electron chi connectivity index (χ3n) is 3.27. The van der Waals surface area contributed by atoms with Gasteiger partial charge in [0.15, 0.2) is 0 Å². The van der Waals surface area contributed by atoms with Crippen LogP contribution >= 0.6 is 0 Å². The Balaban J connectivity index is 1.89. The molecule has 6 heteroatoms. The fourth-order valence-electron chi connectivity index (χ4n) is 2.15. The molecule has 0 aliphatic carbocycles. The van der Waals surface area contributed by atoms with Crippen LogP contribution < -0.4 is 24.8 Å². The van der Waals surface area contributed by atoms with Gasteiger partial charge < -0.3 is 24.8 Å². The van der Waals surface area contributed by atoms with Crippen molar-refractivity contribution >= 4 is 17.3 Å². The third kappa shape index (κ3) is 5.08. The van der Waals surface area contributed by atoms with Crippen LogP contribution in [0.25, 0.3) is 0 Å². The zero-order valence-corrected chi connectivity index (χ0v) is 14.1. The second-order valence-electron chi connectivity index (χ2n) is 5.05. The summed E-state index contributed by atoms with van der Waals surface area (Å²) in [5, 5.41) is 5.99. The molecule has 128 valence electrons. The molecule has 0 radical (unpaired) electrons. The summed E-state index contributed by atoms with van der Waals surface area (Å²) in [6, 6.07) is 12.8. The SMILES string of the molecule is COc1ccc(OCCNc2cc(NC(C)=O)ccc2OC)cc1. The lowest BCUT2D eigenvalue weighted by Crippen LogP contribution is -2.13. The number of hydrogen-bond acceptors (Lipinski definition) is 5. The Morgan fingerprint density at radius 3 is 2.33 bits per heavy atom. The second-order valence-corrected chi connectivity index (χ2v) is 5.05. The number of methoxy groups -OCH3 is 2. The predicted octanol–water partition coefficient (Wildman–Crippen LogP) is 3.15. The Labute approximate surface area is 141 Å². The van der Waals surface area contributed by atoms with E-state index < -0.39 is 0 Å². The Morgan fingerprint density at radius 2 is 1.71 bits per heavy atom. The van der Waals surface area contributed by atoms with Gasteiger partial charge in [-0.2, -0.15) is 0 Å². The van der Waals surface area contributed by atoms with Gasteiger partial charge in [-0.1, -0.05) is 0 Å². The molecule has 2 aromatic carbocycles. The van der Waals surface area contributed by atoms with Gasteiger partial charge in [0.05, 0.1) is 19.9 Å². The van der Waals surface area contributed by atoms with Crippen molar-refractivity contribution in [3.63, 3.8) is 0 Å². The molecule has 0 aromatic heterocycles. The zero-order chi connectivity index (χ0) is 17.4. The number of benzene rings is 2. The first-order valence-corrected chi connectivity index (χ1v) is 7.58. The maximum Gasteiger partial charge on any atom is 0.221 e. The standard InChI is InChI=1S/C18H22N2O4/c1-13(21)20-14-4-9-18(23-3)17(12-14)19-10-11-24-16-7-5-15(22-2)6-8-16/h4-9,12,19H,10-11H2,1-3H3,(H,20,21). The highest BCUT2D eigenvalue weighted by Crippen LogP contribution is 2.27. The Kier molecular flexibility index (Phi) is 6.31. The second kappa shape index (κ2) is 8.67. The summed E-state index contributed by atoms with van der Waals surface area (Å²) in [7, 11) is 3.23. The van der Waals surface area contributed by atoms with E-state index in [4.69, 9.17) is 14.2 Å². The molecule has 0 saturated heterocycles. The Bertz CT molecular complexity index is 671. The van der Waals surface area contributed by atoms with Crippen LogP contribution in [-0.2, 0) is 4.79 Å². The normalized spacial score (nSPS) is 9.96. The van der Waals surface area contributed by atoms with Gasteiger partial charge in [-0.3, -0.25) is 4.79 Å². The molecule has 0 fully saturated rings. The molecule has 0 atom stereocenters. The fraction of sp³-hybridized carbons (Fsp3) is 0.278. The van der Waals surface area contributed by atoms with Crippen LogP contribution in [-0.4, -0.2) is 33.3 Å². The number of hydrogen-bond donors (Lipinski definition) is 2. The number of ether oxygens (including phenoxy) is 3. The third-order valence-corrected chi connectivity index (χ3v) is 3.27. The summed E-state index contributed by atoms with van der Waals surface area (Å²) in [6.07, 6.45) is 0. The van der Waals surface area contributed by atoms with E-state index in [9.17, 15) is 4.79 Å². The van der Waals surface area contributed by atoms with Crippen molar-refractivity contribution in [1.29, 1.82) is 0 Å². The summed E-state index contributed by atoms with van der Waals surface area (Å²) in [4.78, 5) is 11.2. The molecule has 0 unspecified atom stereocenters. The molecule has 1 amide bonds. The number of carbonyl (C=O) groups excluding carboxylic acids is 1. The summed E-state index contributed by atoms with van der Waals surface area (Å²) < 4.78 is 16.1. The smallest absolute Gasteiger partial charge is 0.221 e. The van der Waals surface area contributed by atoms with Crippen molar-refractivity contribution < 1.29 is 19.0 Å². The maximum atomic E-state index is 11.2. The van der Waals surface area contributed by atoms with Gasteiger partial charge >= 0.3 is 0 Å². The van der Waals surface area contributed by atoms with Gasteiger partial charge in [0.2, 0.25) is 5.91 Å². The van der Waals surface area contributed by atoms with Crippen LogP contribution in [0.1, 0.15) is 6.92 Å². The van der Waals surface area contributed by atoms with Crippen LogP contribution in [0.5, 0.6) is 17.2 Å². The molecule has 24 heavy (non-hydrogen) atoms.